The lowest BCUT2D eigenvalue weighted by molar-refractivity contribution is -0.137. The van der Waals surface area contributed by atoms with Crippen molar-refractivity contribution >= 4 is 21.6 Å². The van der Waals surface area contributed by atoms with Crippen LogP contribution in [0.25, 0.3) is 0 Å². The Morgan fingerprint density at radius 2 is 1.73 bits per heavy atom. The van der Waals surface area contributed by atoms with Gasteiger partial charge in [-0.3, -0.25) is 9.52 Å². The Morgan fingerprint density at radius 3 is 2.18 bits per heavy atom. The van der Waals surface area contributed by atoms with E-state index in [9.17, 15) is 31.6 Å². The van der Waals surface area contributed by atoms with Crippen LogP contribution in [0.5, 0.6) is 0 Å². The maximum Gasteiger partial charge on any atom is 0.416 e. The summed E-state index contributed by atoms with van der Waals surface area (Å²) in [5, 5.41) is 9.97. The molecule has 4 atom stereocenters. The van der Waals surface area contributed by atoms with E-state index in [1.54, 1.807) is 0 Å². The van der Waals surface area contributed by atoms with Crippen molar-refractivity contribution < 1.29 is 26.4 Å². The molecule has 3 N–H and O–H groups in total. The second-order valence-electron chi connectivity index (χ2n) is 11.2. The molecule has 6 nitrogen and oxygen atoms in total. The fraction of sp³-hybridized carbons (Fsp3) is 0.652. The van der Waals surface area contributed by atoms with Crippen LogP contribution in [0.3, 0.4) is 0 Å². The second-order valence-corrected chi connectivity index (χ2v) is 13.6. The highest BCUT2D eigenvalue weighted by Gasteiger charge is 2.59. The summed E-state index contributed by atoms with van der Waals surface area (Å²) in [7, 11) is -4.07. The van der Waals surface area contributed by atoms with Gasteiger partial charge in [-0.15, -0.1) is 0 Å². The summed E-state index contributed by atoms with van der Waals surface area (Å²) >= 11 is 0. The van der Waals surface area contributed by atoms with Crippen molar-refractivity contribution in [3.63, 3.8) is 0 Å². The predicted molar refractivity (Wildman–Crippen MR) is 117 cm³/mol. The van der Waals surface area contributed by atoms with Gasteiger partial charge in [0.05, 0.1) is 33.0 Å². The van der Waals surface area contributed by atoms with Crippen LogP contribution < -0.4 is 10.5 Å². The number of carbonyl (C=O) groups excluding carboxylic acids is 1. The zero-order valence-corrected chi connectivity index (χ0v) is 19.7. The third-order valence-corrected chi connectivity index (χ3v) is 9.73. The van der Waals surface area contributed by atoms with Gasteiger partial charge in [-0.25, -0.2) is 8.42 Å². The van der Waals surface area contributed by atoms with Gasteiger partial charge in [-0.2, -0.15) is 18.4 Å². The van der Waals surface area contributed by atoms with E-state index in [2.05, 4.69) is 10.8 Å². The minimum atomic E-state index is -4.75. The Balaban J connectivity index is 2.00. The van der Waals surface area contributed by atoms with E-state index in [1.165, 1.54) is 20.8 Å². The van der Waals surface area contributed by atoms with Gasteiger partial charge in [0.1, 0.15) is 0 Å². The minimum absolute atomic E-state index is 0.132. The number of benzene rings is 1. The first-order chi connectivity index (χ1) is 15.0. The Kier molecular flexibility index (Phi) is 5.14. The third-order valence-electron chi connectivity index (χ3n) is 7.64. The molecule has 1 amide bonds. The molecule has 4 aliphatic rings. The smallest absolute Gasteiger partial charge is 0.366 e. The van der Waals surface area contributed by atoms with Crippen molar-refractivity contribution in [1.82, 2.24) is 0 Å². The maximum absolute atomic E-state index is 13.8. The summed E-state index contributed by atoms with van der Waals surface area (Å²) in [5.41, 5.74) is 2.39. The summed E-state index contributed by atoms with van der Waals surface area (Å²) in [6.45, 7) is 4.37. The number of nitrogens with two attached hydrogens (primary N) is 1. The fourth-order valence-corrected chi connectivity index (χ4v) is 7.32. The summed E-state index contributed by atoms with van der Waals surface area (Å²) in [5.74, 6) is -0.803. The molecule has 1 aromatic carbocycles. The monoisotopic (exact) mass is 483 g/mol. The number of sulfonamides is 1. The lowest BCUT2D eigenvalue weighted by atomic mass is 9.43. The summed E-state index contributed by atoms with van der Waals surface area (Å²) in [4.78, 5) is 12.3. The zero-order valence-electron chi connectivity index (χ0n) is 18.8. The highest BCUT2D eigenvalue weighted by Crippen LogP contribution is 2.66. The molecule has 4 saturated carbocycles. The number of anilines is 1. The molecule has 180 valence electrons. The summed E-state index contributed by atoms with van der Waals surface area (Å²) in [6, 6.07) is 4.01. The van der Waals surface area contributed by atoms with Crippen LogP contribution in [-0.2, 0) is 21.6 Å². The highest BCUT2D eigenvalue weighted by atomic mass is 32.2. The molecule has 33 heavy (non-hydrogen) atoms. The number of rotatable bonds is 4. The predicted octanol–water partition coefficient (Wildman–Crippen LogP) is 4.71. The number of primary amides is 1. The van der Waals surface area contributed by atoms with Crippen molar-refractivity contribution in [2.45, 2.75) is 75.6 Å². The molecule has 0 aromatic heterocycles. The lowest BCUT2D eigenvalue weighted by Crippen LogP contribution is -2.54. The first-order valence-electron chi connectivity index (χ1n) is 11.0. The Hall–Kier alpha value is -2.28. The molecule has 4 bridgehead atoms. The minimum Gasteiger partial charge on any atom is -0.366 e. The number of halogens is 3. The van der Waals surface area contributed by atoms with Crippen molar-refractivity contribution in [3.8, 4) is 6.07 Å². The SMILES string of the molecule is CC(C)(C)S(=O)(=O)Nc1c(C(N)=O)cc(C(F)(F)F)cc1C12CC3C[C@@H](CC(C#N)(C3)C1)C2. The number of amides is 1. The zero-order chi connectivity index (χ0) is 24.6. The Morgan fingerprint density at radius 1 is 1.15 bits per heavy atom. The number of nitrogens with one attached hydrogen (secondary N) is 1. The largest absolute Gasteiger partial charge is 0.416 e. The van der Waals surface area contributed by atoms with E-state index >= 15 is 0 Å². The number of hydrogen-bond donors (Lipinski definition) is 2. The molecule has 0 saturated heterocycles. The average molecular weight is 484 g/mol. The quantitative estimate of drug-likeness (QED) is 0.646. The normalized spacial score (nSPS) is 31.3. The number of alkyl halides is 3. The van der Waals surface area contributed by atoms with Crippen molar-refractivity contribution in [2.24, 2.45) is 23.0 Å². The number of nitriles is 1. The topological polar surface area (TPSA) is 113 Å². The van der Waals surface area contributed by atoms with Crippen molar-refractivity contribution in [3.05, 3.63) is 28.8 Å². The van der Waals surface area contributed by atoms with Crippen molar-refractivity contribution in [1.29, 1.82) is 5.26 Å². The molecule has 5 rings (SSSR count). The highest BCUT2D eigenvalue weighted by molar-refractivity contribution is 7.94. The first kappa shape index (κ1) is 23.9. The van der Waals surface area contributed by atoms with E-state index in [4.69, 9.17) is 5.73 Å². The molecule has 0 spiro atoms. The molecule has 4 fully saturated rings. The molecule has 0 aliphatic heterocycles. The first-order valence-corrected chi connectivity index (χ1v) is 12.5. The van der Waals surface area contributed by atoms with Gasteiger partial charge in [0.2, 0.25) is 10.0 Å². The van der Waals surface area contributed by atoms with Crippen LogP contribution in [0.4, 0.5) is 18.9 Å². The summed E-state index contributed by atoms with van der Waals surface area (Å²) < 4.78 is 68.8. The van der Waals surface area contributed by atoms with Gasteiger partial charge in [0, 0.05) is 0 Å². The van der Waals surface area contributed by atoms with Crippen LogP contribution in [0.1, 0.15) is 80.8 Å². The van der Waals surface area contributed by atoms with Gasteiger partial charge in [0.15, 0.2) is 0 Å². The lowest BCUT2D eigenvalue weighted by Gasteiger charge is -2.60. The molecular weight excluding hydrogens is 455 g/mol. The van der Waals surface area contributed by atoms with E-state index in [-0.39, 0.29) is 23.1 Å². The Labute approximate surface area is 191 Å². The van der Waals surface area contributed by atoms with Gasteiger partial charge < -0.3 is 5.73 Å². The number of nitrogens with zero attached hydrogens (tertiary/aromatic N) is 1. The number of carbonyl (C=O) groups is 1. The molecular formula is C23H28F3N3O3S. The number of hydrogen-bond acceptors (Lipinski definition) is 4. The van der Waals surface area contributed by atoms with Crippen LogP contribution in [0.15, 0.2) is 12.1 Å². The van der Waals surface area contributed by atoms with Gasteiger partial charge in [-0.1, -0.05) is 0 Å². The van der Waals surface area contributed by atoms with E-state index < -0.39 is 48.8 Å². The van der Waals surface area contributed by atoms with E-state index in [0.29, 0.717) is 38.2 Å². The molecule has 3 unspecified atom stereocenters. The standard InChI is InChI=1S/C23H28F3N3O3S/c1-20(2,3)33(31,32)29-18-16(19(28)30)5-15(23(24,25)26)6-17(18)22-9-13-4-14(10-22)8-21(7-13,11-22)12-27/h5-6,13-14,29H,4,7-11H2,1-3H3,(H2,28,30)/t13-,14?,21?,22?/m0/s1. The summed E-state index contributed by atoms with van der Waals surface area (Å²) in [6.07, 6.45) is -0.995. The Bertz CT molecular complexity index is 1150. The molecule has 10 heteroatoms. The fourth-order valence-electron chi connectivity index (χ4n) is 6.52. The second kappa shape index (κ2) is 7.11. The van der Waals surface area contributed by atoms with Crippen LogP contribution in [0, 0.1) is 28.6 Å². The maximum atomic E-state index is 13.8. The van der Waals surface area contributed by atoms with Crippen LogP contribution in [-0.4, -0.2) is 19.1 Å². The molecule has 4 aliphatic carbocycles. The van der Waals surface area contributed by atoms with Gasteiger partial charge >= 0.3 is 6.18 Å². The van der Waals surface area contributed by atoms with Gasteiger partial charge in [0.25, 0.3) is 5.91 Å². The van der Waals surface area contributed by atoms with Crippen molar-refractivity contribution in [2.75, 3.05) is 4.72 Å². The van der Waals surface area contributed by atoms with Crippen LogP contribution >= 0.6 is 0 Å². The average Bonchev–Trinajstić information content (AvgIpc) is 2.64. The van der Waals surface area contributed by atoms with Gasteiger partial charge in [-0.05, 0) is 94.2 Å². The molecule has 1 aromatic rings. The van der Waals surface area contributed by atoms with Crippen LogP contribution in [0.2, 0.25) is 0 Å². The molecule has 0 heterocycles. The molecule has 0 radical (unpaired) electrons. The van der Waals surface area contributed by atoms with E-state index in [0.717, 1.165) is 12.5 Å². The third kappa shape index (κ3) is 3.88. The van der Waals surface area contributed by atoms with E-state index in [1.807, 2.05) is 0 Å².